The van der Waals surface area contributed by atoms with Crippen LogP contribution in [-0.4, -0.2) is 36.6 Å². The zero-order valence-electron chi connectivity index (χ0n) is 26.4. The lowest BCUT2D eigenvalue weighted by atomic mass is 9.86. The fourth-order valence-corrected chi connectivity index (χ4v) is 6.95. The predicted octanol–water partition coefficient (Wildman–Crippen LogP) is 10.0. The summed E-state index contributed by atoms with van der Waals surface area (Å²) in [7, 11) is 0. The van der Waals surface area contributed by atoms with E-state index in [4.69, 9.17) is 9.47 Å². The maximum absolute atomic E-state index is 9.91. The van der Waals surface area contributed by atoms with Gasteiger partial charge in [0.25, 0.3) is 0 Å². The summed E-state index contributed by atoms with van der Waals surface area (Å²) < 4.78 is 12.8. The molecule has 0 aliphatic carbocycles. The summed E-state index contributed by atoms with van der Waals surface area (Å²) in [5, 5.41) is 28.7. The molecule has 8 aromatic carbocycles. The van der Waals surface area contributed by atoms with Crippen LogP contribution in [0.2, 0.25) is 0 Å². The van der Waals surface area contributed by atoms with Gasteiger partial charge in [-0.1, -0.05) is 121 Å². The van der Waals surface area contributed by atoms with Gasteiger partial charge in [0.1, 0.15) is 24.7 Å². The smallest absolute Gasteiger partial charge is 0.128 e. The summed E-state index contributed by atoms with van der Waals surface area (Å²) in [4.78, 5) is 0. The number of ether oxygens (including phenoxy) is 2. The van der Waals surface area contributed by atoms with Crippen LogP contribution in [0.5, 0.6) is 11.5 Å². The largest absolute Gasteiger partial charge is 0.491 e. The molecule has 0 saturated carbocycles. The van der Waals surface area contributed by atoms with Crippen LogP contribution in [0.4, 0.5) is 0 Å². The number of rotatable bonds is 9. The van der Waals surface area contributed by atoms with Gasteiger partial charge in [0.2, 0.25) is 0 Å². The van der Waals surface area contributed by atoms with Gasteiger partial charge in [-0.15, -0.1) is 0 Å². The van der Waals surface area contributed by atoms with Crippen LogP contribution in [0.1, 0.15) is 0 Å². The molecule has 0 atom stereocenters. The standard InChI is InChI=1S/C44H34O4/c45-21-23-47-41-27-39(33-19-17-29-9-1-3-11-31(29)25-33)35-13-5-7-15-37(35)43(41)44-38-16-8-6-14-36(38)40(28-42(44)48-24-22-46)34-20-18-30-10-2-4-12-32(30)26-34/h1-20,25-28,45-46H,21-24H2. The summed E-state index contributed by atoms with van der Waals surface area (Å²) >= 11 is 0. The van der Waals surface area contributed by atoms with Gasteiger partial charge < -0.3 is 19.7 Å². The maximum Gasteiger partial charge on any atom is 0.128 e. The Labute approximate surface area is 279 Å². The molecule has 0 spiro atoms. The Kier molecular flexibility index (Phi) is 7.95. The summed E-state index contributed by atoms with van der Waals surface area (Å²) in [6, 6.07) is 50.8. The van der Waals surface area contributed by atoms with Crippen LogP contribution in [0.15, 0.2) is 146 Å². The van der Waals surface area contributed by atoms with Gasteiger partial charge in [-0.25, -0.2) is 0 Å². The highest BCUT2D eigenvalue weighted by atomic mass is 16.5. The van der Waals surface area contributed by atoms with Crippen molar-refractivity contribution in [2.45, 2.75) is 0 Å². The van der Waals surface area contributed by atoms with E-state index in [9.17, 15) is 10.2 Å². The van der Waals surface area contributed by atoms with Gasteiger partial charge in [-0.05, 0) is 89.6 Å². The Morgan fingerprint density at radius 1 is 0.375 bits per heavy atom. The summed E-state index contributed by atoms with van der Waals surface area (Å²) in [6.07, 6.45) is 0. The Balaban J connectivity index is 1.43. The third kappa shape index (κ3) is 5.31. The van der Waals surface area contributed by atoms with Gasteiger partial charge >= 0.3 is 0 Å². The van der Waals surface area contributed by atoms with E-state index < -0.39 is 0 Å². The maximum atomic E-state index is 9.91. The molecule has 2 N–H and O–H groups in total. The van der Waals surface area contributed by atoms with Crippen LogP contribution in [-0.2, 0) is 0 Å². The Morgan fingerprint density at radius 3 is 1.17 bits per heavy atom. The molecule has 8 aromatic rings. The van der Waals surface area contributed by atoms with E-state index in [1.807, 2.05) is 12.1 Å². The molecule has 8 rings (SSSR count). The third-order valence-electron chi connectivity index (χ3n) is 9.09. The lowest BCUT2D eigenvalue weighted by molar-refractivity contribution is 0.200. The second-order valence-electron chi connectivity index (χ2n) is 12.0. The van der Waals surface area contributed by atoms with Crippen molar-refractivity contribution >= 4 is 43.1 Å². The van der Waals surface area contributed by atoms with Crippen molar-refractivity contribution in [3.8, 4) is 44.9 Å². The number of hydrogen-bond acceptors (Lipinski definition) is 4. The van der Waals surface area contributed by atoms with Crippen LogP contribution < -0.4 is 9.47 Å². The molecule has 0 heterocycles. The molecule has 0 aliphatic rings. The van der Waals surface area contributed by atoms with Crippen molar-refractivity contribution < 1.29 is 19.7 Å². The molecule has 234 valence electrons. The first-order valence-electron chi connectivity index (χ1n) is 16.3. The highest BCUT2D eigenvalue weighted by molar-refractivity contribution is 6.16. The topological polar surface area (TPSA) is 58.9 Å². The second kappa shape index (κ2) is 12.8. The first-order chi connectivity index (χ1) is 23.7. The van der Waals surface area contributed by atoms with Crippen LogP contribution >= 0.6 is 0 Å². The number of benzene rings is 8. The first kappa shape index (κ1) is 29.7. The SMILES string of the molecule is OCCOc1cc(-c2ccc3ccccc3c2)c2ccccc2c1-c1c(OCCO)cc(-c2ccc3ccccc3c2)c2ccccc12. The van der Waals surface area contributed by atoms with E-state index in [0.717, 1.165) is 65.7 Å². The van der Waals surface area contributed by atoms with Crippen molar-refractivity contribution in [2.75, 3.05) is 26.4 Å². The van der Waals surface area contributed by atoms with Crippen molar-refractivity contribution in [1.29, 1.82) is 0 Å². The highest BCUT2D eigenvalue weighted by Crippen LogP contribution is 2.50. The molecule has 0 aliphatic heterocycles. The third-order valence-corrected chi connectivity index (χ3v) is 9.09. The molecule has 0 bridgehead atoms. The minimum absolute atomic E-state index is 0.118. The van der Waals surface area contributed by atoms with Crippen LogP contribution in [0, 0.1) is 0 Å². The average molecular weight is 627 g/mol. The normalized spacial score (nSPS) is 11.5. The monoisotopic (exact) mass is 626 g/mol. The zero-order chi connectivity index (χ0) is 32.5. The molecule has 48 heavy (non-hydrogen) atoms. The van der Waals surface area contributed by atoms with Gasteiger partial charge in [0, 0.05) is 11.1 Å². The Morgan fingerprint density at radius 2 is 0.750 bits per heavy atom. The number of hydrogen-bond donors (Lipinski definition) is 2. The molecule has 0 saturated heterocycles. The van der Waals surface area contributed by atoms with Gasteiger partial charge in [-0.3, -0.25) is 0 Å². The fourth-order valence-electron chi connectivity index (χ4n) is 6.95. The molecule has 0 amide bonds. The lowest BCUT2D eigenvalue weighted by Gasteiger charge is -2.23. The molecule has 0 unspecified atom stereocenters. The van der Waals surface area contributed by atoms with E-state index in [1.165, 1.54) is 10.8 Å². The summed E-state index contributed by atoms with van der Waals surface area (Å²) in [5.74, 6) is 1.31. The molecular formula is C44H34O4. The van der Waals surface area contributed by atoms with E-state index in [-0.39, 0.29) is 26.4 Å². The highest BCUT2D eigenvalue weighted by Gasteiger charge is 2.23. The quantitative estimate of drug-likeness (QED) is 0.167. The van der Waals surface area contributed by atoms with E-state index in [2.05, 4.69) is 133 Å². The van der Waals surface area contributed by atoms with E-state index in [1.54, 1.807) is 0 Å². The Hall–Kier alpha value is -5.68. The second-order valence-corrected chi connectivity index (χ2v) is 12.0. The first-order valence-corrected chi connectivity index (χ1v) is 16.3. The number of aliphatic hydroxyl groups is 2. The van der Waals surface area contributed by atoms with Crippen molar-refractivity contribution in [1.82, 2.24) is 0 Å². The minimum atomic E-state index is -0.118. The predicted molar refractivity (Wildman–Crippen MR) is 198 cm³/mol. The fraction of sp³-hybridized carbons (Fsp3) is 0.0909. The van der Waals surface area contributed by atoms with Gasteiger partial charge in [0.15, 0.2) is 0 Å². The summed E-state index contributed by atoms with van der Waals surface area (Å²) in [5.41, 5.74) is 6.03. The average Bonchev–Trinajstić information content (AvgIpc) is 3.15. The van der Waals surface area contributed by atoms with Crippen molar-refractivity contribution in [3.05, 3.63) is 146 Å². The van der Waals surface area contributed by atoms with Crippen molar-refractivity contribution in [3.63, 3.8) is 0 Å². The molecule has 4 nitrogen and oxygen atoms in total. The molecule has 0 radical (unpaired) electrons. The van der Waals surface area contributed by atoms with Gasteiger partial charge in [-0.2, -0.15) is 0 Å². The van der Waals surface area contributed by atoms with Gasteiger partial charge in [0.05, 0.1) is 13.2 Å². The molecule has 0 aromatic heterocycles. The molecule has 4 heteroatoms. The zero-order valence-corrected chi connectivity index (χ0v) is 26.4. The van der Waals surface area contributed by atoms with E-state index >= 15 is 0 Å². The number of aliphatic hydroxyl groups excluding tert-OH is 2. The number of fused-ring (bicyclic) bond motifs is 4. The lowest BCUT2D eigenvalue weighted by Crippen LogP contribution is -2.06. The summed E-state index contributed by atoms with van der Waals surface area (Å²) in [6.45, 7) is 0.0467. The van der Waals surface area contributed by atoms with Crippen LogP contribution in [0.3, 0.4) is 0 Å². The van der Waals surface area contributed by atoms with Crippen LogP contribution in [0.25, 0.3) is 76.5 Å². The molecule has 0 fully saturated rings. The minimum Gasteiger partial charge on any atom is -0.491 e. The Bertz CT molecular complexity index is 2270. The molecular weight excluding hydrogens is 592 g/mol. The van der Waals surface area contributed by atoms with E-state index in [0.29, 0.717) is 11.5 Å². The van der Waals surface area contributed by atoms with Crippen molar-refractivity contribution in [2.24, 2.45) is 0 Å².